The Kier molecular flexibility index (Phi) is 2.89. The van der Waals surface area contributed by atoms with E-state index in [4.69, 9.17) is 4.42 Å². The molecule has 2 nitrogen and oxygen atoms in total. The minimum absolute atomic E-state index is 0.712. The summed E-state index contributed by atoms with van der Waals surface area (Å²) in [6.07, 6.45) is 1.68. The summed E-state index contributed by atoms with van der Waals surface area (Å²) in [5.41, 5.74) is 1.08. The lowest BCUT2D eigenvalue weighted by Gasteiger charge is -2.03. The van der Waals surface area contributed by atoms with Gasteiger partial charge in [0.05, 0.1) is 12.8 Å². The summed E-state index contributed by atoms with van der Waals surface area (Å²) in [5.74, 6) is 0.935. The standard InChI is InChI=1S/C11H10BrNO/c12-9-3-1-4-10(7-9)13-8-11-5-2-6-14-11/h1-7,13H,8H2. The second-order valence-electron chi connectivity index (χ2n) is 2.94. The molecule has 0 unspecified atom stereocenters. The highest BCUT2D eigenvalue weighted by molar-refractivity contribution is 9.10. The number of hydrogen-bond acceptors (Lipinski definition) is 2. The van der Waals surface area contributed by atoms with Crippen molar-refractivity contribution >= 4 is 21.6 Å². The molecule has 0 saturated carbocycles. The summed E-state index contributed by atoms with van der Waals surface area (Å²) in [7, 11) is 0. The fraction of sp³-hybridized carbons (Fsp3) is 0.0909. The van der Waals surface area contributed by atoms with E-state index in [1.807, 2.05) is 36.4 Å². The SMILES string of the molecule is Brc1cccc(NCc2ccco2)c1. The van der Waals surface area contributed by atoms with Crippen molar-refractivity contribution in [3.63, 3.8) is 0 Å². The van der Waals surface area contributed by atoms with Gasteiger partial charge in [0.15, 0.2) is 0 Å². The van der Waals surface area contributed by atoms with Crippen molar-refractivity contribution in [1.82, 2.24) is 0 Å². The fourth-order valence-corrected chi connectivity index (χ4v) is 1.60. The molecule has 2 aromatic rings. The fourth-order valence-electron chi connectivity index (χ4n) is 1.20. The molecule has 0 aliphatic carbocycles. The monoisotopic (exact) mass is 251 g/mol. The second-order valence-corrected chi connectivity index (χ2v) is 3.86. The zero-order valence-electron chi connectivity index (χ0n) is 7.53. The quantitative estimate of drug-likeness (QED) is 0.901. The molecule has 14 heavy (non-hydrogen) atoms. The van der Waals surface area contributed by atoms with Gasteiger partial charge in [0.2, 0.25) is 0 Å². The van der Waals surface area contributed by atoms with Crippen molar-refractivity contribution in [2.75, 3.05) is 5.32 Å². The van der Waals surface area contributed by atoms with E-state index in [2.05, 4.69) is 21.2 Å². The van der Waals surface area contributed by atoms with Gasteiger partial charge >= 0.3 is 0 Å². The van der Waals surface area contributed by atoms with Gasteiger partial charge in [-0.2, -0.15) is 0 Å². The molecule has 0 radical (unpaired) electrons. The maximum absolute atomic E-state index is 5.21. The molecular formula is C11H10BrNO. The zero-order valence-corrected chi connectivity index (χ0v) is 9.12. The number of furan rings is 1. The Labute approximate surface area is 91.1 Å². The highest BCUT2D eigenvalue weighted by atomic mass is 79.9. The molecule has 2 rings (SSSR count). The van der Waals surface area contributed by atoms with E-state index in [1.165, 1.54) is 0 Å². The summed E-state index contributed by atoms with van der Waals surface area (Å²) in [5, 5.41) is 3.26. The largest absolute Gasteiger partial charge is 0.467 e. The number of rotatable bonds is 3. The third-order valence-corrected chi connectivity index (χ3v) is 2.36. The summed E-state index contributed by atoms with van der Waals surface area (Å²) < 4.78 is 6.28. The van der Waals surface area contributed by atoms with Gasteiger partial charge in [-0.1, -0.05) is 22.0 Å². The van der Waals surface area contributed by atoms with E-state index in [-0.39, 0.29) is 0 Å². The van der Waals surface area contributed by atoms with Gasteiger partial charge in [0.25, 0.3) is 0 Å². The lowest BCUT2D eigenvalue weighted by Crippen LogP contribution is -1.97. The lowest BCUT2D eigenvalue weighted by atomic mass is 10.3. The van der Waals surface area contributed by atoms with Crippen LogP contribution in [0, 0.1) is 0 Å². The molecule has 1 aromatic heterocycles. The van der Waals surface area contributed by atoms with E-state index < -0.39 is 0 Å². The van der Waals surface area contributed by atoms with Gasteiger partial charge in [-0.3, -0.25) is 0 Å². The summed E-state index contributed by atoms with van der Waals surface area (Å²) in [6, 6.07) is 11.9. The first kappa shape index (κ1) is 9.34. The molecule has 3 heteroatoms. The minimum atomic E-state index is 0.712. The molecule has 0 amide bonds. The molecule has 0 fully saturated rings. The molecule has 0 aliphatic heterocycles. The summed E-state index contributed by atoms with van der Waals surface area (Å²) >= 11 is 3.42. The Morgan fingerprint density at radius 2 is 2.14 bits per heavy atom. The Morgan fingerprint density at radius 3 is 2.86 bits per heavy atom. The van der Waals surface area contributed by atoms with Crippen molar-refractivity contribution in [2.24, 2.45) is 0 Å². The zero-order chi connectivity index (χ0) is 9.80. The van der Waals surface area contributed by atoms with Crippen LogP contribution in [-0.2, 0) is 6.54 Å². The minimum Gasteiger partial charge on any atom is -0.467 e. The number of halogens is 1. The van der Waals surface area contributed by atoms with Crippen LogP contribution in [0.3, 0.4) is 0 Å². The average Bonchev–Trinajstić information content (AvgIpc) is 2.67. The van der Waals surface area contributed by atoms with Crippen LogP contribution in [0.2, 0.25) is 0 Å². The first-order valence-electron chi connectivity index (χ1n) is 4.36. The van der Waals surface area contributed by atoms with Gasteiger partial charge in [-0.15, -0.1) is 0 Å². The molecule has 1 heterocycles. The molecule has 1 aromatic carbocycles. The number of benzene rings is 1. The third-order valence-electron chi connectivity index (χ3n) is 1.87. The number of hydrogen-bond donors (Lipinski definition) is 1. The van der Waals surface area contributed by atoms with Crippen LogP contribution >= 0.6 is 15.9 Å². The molecule has 1 N–H and O–H groups in total. The van der Waals surface area contributed by atoms with Crippen LogP contribution < -0.4 is 5.32 Å². The maximum Gasteiger partial charge on any atom is 0.122 e. The van der Waals surface area contributed by atoms with E-state index in [0.717, 1.165) is 15.9 Å². The van der Waals surface area contributed by atoms with Gasteiger partial charge in [-0.25, -0.2) is 0 Å². The smallest absolute Gasteiger partial charge is 0.122 e. The molecule has 0 atom stereocenters. The molecule has 0 aliphatic rings. The topological polar surface area (TPSA) is 25.2 Å². The Hall–Kier alpha value is -1.22. The van der Waals surface area contributed by atoms with E-state index in [9.17, 15) is 0 Å². The molecule has 0 bridgehead atoms. The lowest BCUT2D eigenvalue weighted by molar-refractivity contribution is 0.518. The second kappa shape index (κ2) is 4.33. The van der Waals surface area contributed by atoms with Crippen LogP contribution in [0.4, 0.5) is 5.69 Å². The van der Waals surface area contributed by atoms with Crippen LogP contribution in [0.1, 0.15) is 5.76 Å². The molecule has 0 spiro atoms. The van der Waals surface area contributed by atoms with Gasteiger partial charge in [-0.05, 0) is 30.3 Å². The Bertz CT molecular complexity index is 397. The van der Waals surface area contributed by atoms with Crippen LogP contribution in [-0.4, -0.2) is 0 Å². The molecular weight excluding hydrogens is 242 g/mol. The average molecular weight is 252 g/mol. The van der Waals surface area contributed by atoms with Crippen LogP contribution in [0.15, 0.2) is 51.6 Å². The third kappa shape index (κ3) is 2.39. The summed E-state index contributed by atoms with van der Waals surface area (Å²) in [6.45, 7) is 0.712. The van der Waals surface area contributed by atoms with E-state index >= 15 is 0 Å². The van der Waals surface area contributed by atoms with Gasteiger partial charge in [0.1, 0.15) is 5.76 Å². The van der Waals surface area contributed by atoms with Gasteiger partial charge in [0, 0.05) is 10.2 Å². The normalized spacial score (nSPS) is 10.1. The predicted molar refractivity (Wildman–Crippen MR) is 60.2 cm³/mol. The predicted octanol–water partition coefficient (Wildman–Crippen LogP) is 3.65. The van der Waals surface area contributed by atoms with Crippen LogP contribution in [0.5, 0.6) is 0 Å². The molecule has 72 valence electrons. The van der Waals surface area contributed by atoms with Crippen molar-refractivity contribution in [3.8, 4) is 0 Å². The van der Waals surface area contributed by atoms with Crippen molar-refractivity contribution in [3.05, 3.63) is 52.9 Å². The Balaban J connectivity index is 1.98. The maximum atomic E-state index is 5.21. The van der Waals surface area contributed by atoms with Crippen LogP contribution in [0.25, 0.3) is 0 Å². The molecule has 0 saturated heterocycles. The van der Waals surface area contributed by atoms with Gasteiger partial charge < -0.3 is 9.73 Å². The highest BCUT2D eigenvalue weighted by Gasteiger charge is 1.95. The van der Waals surface area contributed by atoms with E-state index in [0.29, 0.717) is 6.54 Å². The Morgan fingerprint density at radius 1 is 1.21 bits per heavy atom. The van der Waals surface area contributed by atoms with E-state index in [1.54, 1.807) is 6.26 Å². The number of anilines is 1. The summed E-state index contributed by atoms with van der Waals surface area (Å²) in [4.78, 5) is 0. The highest BCUT2D eigenvalue weighted by Crippen LogP contribution is 2.16. The van der Waals surface area contributed by atoms with Crippen molar-refractivity contribution in [2.45, 2.75) is 6.54 Å². The first-order valence-corrected chi connectivity index (χ1v) is 5.16. The first-order chi connectivity index (χ1) is 6.84. The number of nitrogens with one attached hydrogen (secondary N) is 1. The van der Waals surface area contributed by atoms with Crippen molar-refractivity contribution in [1.29, 1.82) is 0 Å². The van der Waals surface area contributed by atoms with Crippen molar-refractivity contribution < 1.29 is 4.42 Å².